The molecule has 0 radical (unpaired) electrons. The first-order valence-corrected chi connectivity index (χ1v) is 16.0. The van der Waals surface area contributed by atoms with Crippen molar-refractivity contribution in [2.75, 3.05) is 4.90 Å². The molecule has 1 aliphatic carbocycles. The first kappa shape index (κ1) is 21.7. The van der Waals surface area contributed by atoms with Crippen LogP contribution < -0.4 is 4.90 Å². The molecule has 0 saturated heterocycles. The van der Waals surface area contributed by atoms with E-state index in [-0.39, 0.29) is 11.1 Å². The number of para-hydroxylation sites is 2. The molecule has 9 aromatic rings. The van der Waals surface area contributed by atoms with E-state index in [0.29, 0.717) is 28.0 Å². The smallest absolute Gasteiger partial charge is 0.143 e. The van der Waals surface area contributed by atoms with Gasteiger partial charge in [-0.2, -0.15) is 0 Å². The average Bonchev–Trinajstić information content (AvgIpc) is 3.84. The van der Waals surface area contributed by atoms with Crippen LogP contribution in [0.2, 0.25) is 0 Å². The molecule has 3 nitrogen and oxygen atoms in total. The molecule has 0 amide bonds. The largest absolute Gasteiger partial charge is 0.456 e. The zero-order chi connectivity index (χ0) is 37.0. The molecule has 10 rings (SSSR count). The number of fused-ring (bicyclic) bond motifs is 9. The lowest BCUT2D eigenvalue weighted by Crippen LogP contribution is -2.16. The monoisotopic (exact) mass is 623 g/mol. The zero-order valence-electron chi connectivity index (χ0n) is 31.7. The lowest BCUT2D eigenvalue weighted by atomic mass is 9.82. The van der Waals surface area contributed by atoms with Crippen LogP contribution in [0.3, 0.4) is 0 Å². The third-order valence-corrected chi connectivity index (χ3v) is 9.73. The summed E-state index contributed by atoms with van der Waals surface area (Å²) in [6.45, 7) is -5.81. The van der Waals surface area contributed by atoms with Crippen LogP contribution in [-0.4, -0.2) is 0 Å². The quantitative estimate of drug-likeness (QED) is 0.195. The SMILES string of the molecule is [2H]C([2H])([2H])C1(C([2H])([2H])[2H])c2ccccc2-c2ccc(N(c3cccc4oc5ccccc5c34)c3cccc4oc5c(-c6ccccc6)cccc5c34)cc21. The predicted octanol–water partition coefficient (Wildman–Crippen LogP) is 12.9. The maximum atomic E-state index is 8.88. The van der Waals surface area contributed by atoms with E-state index in [1.54, 1.807) is 18.2 Å². The van der Waals surface area contributed by atoms with Gasteiger partial charge in [0.25, 0.3) is 0 Å². The summed E-state index contributed by atoms with van der Waals surface area (Å²) in [5, 5.41) is 3.54. The van der Waals surface area contributed by atoms with Crippen molar-refractivity contribution >= 4 is 60.9 Å². The van der Waals surface area contributed by atoms with Gasteiger partial charge in [-0.1, -0.05) is 123 Å². The van der Waals surface area contributed by atoms with Gasteiger partial charge in [-0.25, -0.2) is 0 Å². The van der Waals surface area contributed by atoms with Gasteiger partial charge in [0.15, 0.2) is 0 Å². The van der Waals surface area contributed by atoms with Crippen molar-refractivity contribution in [2.24, 2.45) is 0 Å². The Morgan fingerprint density at radius 2 is 1.12 bits per heavy atom. The molecular weight excluding hydrogens is 587 g/mol. The van der Waals surface area contributed by atoms with Gasteiger partial charge in [0.05, 0.1) is 22.1 Å². The molecule has 7 aromatic carbocycles. The van der Waals surface area contributed by atoms with Gasteiger partial charge in [0.2, 0.25) is 0 Å². The number of hydrogen-bond donors (Lipinski definition) is 0. The summed E-state index contributed by atoms with van der Waals surface area (Å²) < 4.78 is 66.3. The zero-order valence-corrected chi connectivity index (χ0v) is 25.7. The Kier molecular flexibility index (Phi) is 4.50. The van der Waals surface area contributed by atoms with Crippen molar-refractivity contribution in [3.63, 3.8) is 0 Å². The van der Waals surface area contributed by atoms with Crippen LogP contribution in [0, 0.1) is 0 Å². The van der Waals surface area contributed by atoms with Gasteiger partial charge in [-0.3, -0.25) is 0 Å². The molecule has 0 aliphatic heterocycles. The van der Waals surface area contributed by atoms with Gasteiger partial charge in [-0.05, 0) is 70.3 Å². The second kappa shape index (κ2) is 9.97. The van der Waals surface area contributed by atoms with Crippen LogP contribution in [0.4, 0.5) is 17.1 Å². The van der Waals surface area contributed by atoms with Gasteiger partial charge in [0.1, 0.15) is 22.3 Å². The number of nitrogens with zero attached hydrogens (tertiary/aromatic N) is 1. The van der Waals surface area contributed by atoms with Crippen LogP contribution in [0.1, 0.15) is 33.1 Å². The standard InChI is InChI=1S/C45H31NO2/c1-45(2)35-19-8-6-15-31(35)32-26-25-29(27-36(32)45)46(37-20-11-23-40-42(37)33-16-7-9-22-39(33)47-40)38-21-12-24-41-43(38)34-18-10-17-30(44(34)48-41)28-13-4-3-5-14-28/h3-27H,1-2H3/i1D3,2D3. The third kappa shape index (κ3) is 3.76. The Balaban J connectivity index is 1.32. The average molecular weight is 624 g/mol. The van der Waals surface area contributed by atoms with E-state index >= 15 is 0 Å². The molecule has 0 unspecified atom stereocenters. The first-order chi connectivity index (χ1) is 26.1. The van der Waals surface area contributed by atoms with Gasteiger partial charge in [-0.15, -0.1) is 0 Å². The highest BCUT2D eigenvalue weighted by molar-refractivity contribution is 6.19. The lowest BCUT2D eigenvalue weighted by Gasteiger charge is -2.29. The molecule has 0 fully saturated rings. The molecule has 1 aliphatic rings. The topological polar surface area (TPSA) is 29.5 Å². The Morgan fingerprint density at radius 3 is 1.96 bits per heavy atom. The summed E-state index contributed by atoms with van der Waals surface area (Å²) in [7, 11) is 0. The van der Waals surface area contributed by atoms with Crippen LogP contribution in [0.25, 0.3) is 66.1 Å². The van der Waals surface area contributed by atoms with Gasteiger partial charge >= 0.3 is 0 Å². The second-order valence-corrected chi connectivity index (χ2v) is 12.4. The number of benzene rings is 7. The van der Waals surface area contributed by atoms with Crippen molar-refractivity contribution in [1.29, 1.82) is 0 Å². The molecule has 0 saturated carbocycles. The van der Waals surface area contributed by atoms with E-state index in [4.69, 9.17) is 17.1 Å². The Bertz CT molecular complexity index is 2920. The highest BCUT2D eigenvalue weighted by Crippen LogP contribution is 2.52. The van der Waals surface area contributed by atoms with Crippen molar-refractivity contribution in [1.82, 2.24) is 0 Å². The van der Waals surface area contributed by atoms with Crippen LogP contribution in [0.15, 0.2) is 160 Å². The Hall–Kier alpha value is -6.06. The lowest BCUT2D eigenvalue weighted by molar-refractivity contribution is 0.660. The second-order valence-electron chi connectivity index (χ2n) is 12.4. The third-order valence-electron chi connectivity index (χ3n) is 9.73. The first-order valence-electron chi connectivity index (χ1n) is 19.0. The van der Waals surface area contributed by atoms with E-state index in [0.717, 1.165) is 55.2 Å². The number of rotatable bonds is 4. The van der Waals surface area contributed by atoms with Crippen molar-refractivity contribution < 1.29 is 17.1 Å². The highest BCUT2D eigenvalue weighted by Gasteiger charge is 2.36. The minimum atomic E-state index is -2.90. The van der Waals surface area contributed by atoms with Crippen LogP contribution in [0.5, 0.6) is 0 Å². The molecule has 2 aromatic heterocycles. The molecule has 48 heavy (non-hydrogen) atoms. The predicted molar refractivity (Wildman–Crippen MR) is 199 cm³/mol. The summed E-state index contributed by atoms with van der Waals surface area (Å²) in [6, 6.07) is 48.5. The molecular formula is C45H31NO2. The molecule has 0 spiro atoms. The fourth-order valence-corrected chi connectivity index (χ4v) is 7.62. The minimum absolute atomic E-state index is 0.242. The normalized spacial score (nSPS) is 15.8. The van der Waals surface area contributed by atoms with E-state index in [1.807, 2.05) is 109 Å². The summed E-state index contributed by atoms with van der Waals surface area (Å²) in [5.41, 5.74) is 6.42. The van der Waals surface area contributed by atoms with Crippen LogP contribution >= 0.6 is 0 Å². The summed E-state index contributed by atoms with van der Waals surface area (Å²) in [4.78, 5) is 2.09. The molecule has 0 bridgehead atoms. The van der Waals surface area contributed by atoms with Crippen molar-refractivity contribution in [2.45, 2.75) is 19.1 Å². The summed E-state index contributed by atoms with van der Waals surface area (Å²) in [5.74, 6) is 0. The molecule has 3 heteroatoms. The van der Waals surface area contributed by atoms with Crippen molar-refractivity contribution in [3.05, 3.63) is 163 Å². The van der Waals surface area contributed by atoms with E-state index < -0.39 is 19.1 Å². The maximum Gasteiger partial charge on any atom is 0.143 e. The van der Waals surface area contributed by atoms with Crippen molar-refractivity contribution in [3.8, 4) is 22.3 Å². The van der Waals surface area contributed by atoms with E-state index in [1.165, 1.54) is 0 Å². The van der Waals surface area contributed by atoms with Crippen LogP contribution in [-0.2, 0) is 5.41 Å². The van der Waals surface area contributed by atoms with E-state index in [2.05, 4.69) is 29.2 Å². The molecule has 2 heterocycles. The Labute approximate surface area is 286 Å². The van der Waals surface area contributed by atoms with E-state index in [9.17, 15) is 0 Å². The fourth-order valence-electron chi connectivity index (χ4n) is 7.62. The van der Waals surface area contributed by atoms with Gasteiger partial charge < -0.3 is 13.7 Å². The number of anilines is 3. The highest BCUT2D eigenvalue weighted by atomic mass is 16.3. The maximum absolute atomic E-state index is 8.88. The number of hydrogen-bond acceptors (Lipinski definition) is 3. The summed E-state index contributed by atoms with van der Waals surface area (Å²) >= 11 is 0. The fraction of sp³-hybridized carbons (Fsp3) is 0.0667. The molecule has 228 valence electrons. The molecule has 0 atom stereocenters. The Morgan fingerprint density at radius 1 is 0.500 bits per heavy atom. The molecule has 0 N–H and O–H groups in total. The number of furan rings is 2. The minimum Gasteiger partial charge on any atom is -0.456 e. The van der Waals surface area contributed by atoms with Gasteiger partial charge in [0, 0.05) is 35.7 Å². The summed E-state index contributed by atoms with van der Waals surface area (Å²) in [6.07, 6.45) is 0.